The highest BCUT2D eigenvalue weighted by atomic mass is 32.2. The van der Waals surface area contributed by atoms with Gasteiger partial charge in [0.25, 0.3) is 0 Å². The molecule has 2 atom stereocenters. The van der Waals surface area contributed by atoms with Crippen molar-refractivity contribution in [3.05, 3.63) is 71.3 Å². The fraction of sp³-hybridized carbons (Fsp3) is 0.500. The van der Waals surface area contributed by atoms with Crippen LogP contribution in [0.1, 0.15) is 12.0 Å². The van der Waals surface area contributed by atoms with E-state index in [0.717, 1.165) is 15.9 Å². The number of carbonyl (C=O) groups is 1. The van der Waals surface area contributed by atoms with E-state index in [1.165, 1.54) is 10.7 Å². The number of nitrogens with one attached hydrogen (secondary N) is 1. The van der Waals surface area contributed by atoms with Crippen LogP contribution in [-0.4, -0.2) is 61.8 Å². The van der Waals surface area contributed by atoms with Crippen molar-refractivity contribution >= 4 is 30.1 Å². The second-order valence-electron chi connectivity index (χ2n) is 10.4. The summed E-state index contributed by atoms with van der Waals surface area (Å²) in [6, 6.07) is 11.6. The Labute approximate surface area is 224 Å². The number of allylic oxidation sites excluding steroid dienone is 1. The molecule has 3 rings (SSSR count). The number of ether oxygens (including phenoxy) is 2. The number of aromatic nitrogens is 2. The minimum absolute atomic E-state index is 0.0361. The predicted molar refractivity (Wildman–Crippen MR) is 147 cm³/mol. The number of anilines is 1. The van der Waals surface area contributed by atoms with Crippen LogP contribution in [0.5, 0.6) is 0 Å². The van der Waals surface area contributed by atoms with Crippen LogP contribution in [0.4, 0.5) is 5.82 Å². The lowest BCUT2D eigenvalue weighted by Gasteiger charge is -2.26. The molecule has 12 nitrogen and oxygen atoms in total. The van der Waals surface area contributed by atoms with Gasteiger partial charge in [0, 0.05) is 44.9 Å². The topological polar surface area (TPSA) is 152 Å². The lowest BCUT2D eigenvalue weighted by Crippen LogP contribution is -2.46. The molecule has 1 aliphatic heterocycles. The maximum atomic E-state index is 13.3. The molecule has 38 heavy (non-hydrogen) atoms. The van der Waals surface area contributed by atoms with Crippen LogP contribution in [0.15, 0.2) is 60.4 Å². The number of carbonyl (C=O) groups excluding carboxylic acids is 1. The SMILES string of the molecule is C=CC[C@H]1CN(S(=O)(=O)Nc2ccn(COCC[Si](C)(C)C)n2)C[C@@]1(N=[N+]=[N-])C(=O)OCc1ccccc1. The van der Waals surface area contributed by atoms with E-state index >= 15 is 0 Å². The van der Waals surface area contributed by atoms with E-state index < -0.39 is 35.7 Å². The zero-order valence-electron chi connectivity index (χ0n) is 22.0. The van der Waals surface area contributed by atoms with E-state index in [2.05, 4.69) is 46.1 Å². The number of benzene rings is 1. The standard InChI is InChI=1S/C24H35N7O5SSi/c1-5-9-21-16-31(18-24(21,28-29-25)23(32)36-17-20-10-7-6-8-11-20)37(33,34)27-22-12-13-30(26-22)19-35-14-15-38(2,3)4/h5-8,10-13,21H,1,9,14-19H2,2-4H3,(H,26,27)/t21-,24-/m0/s1. The minimum atomic E-state index is -4.14. The predicted octanol–water partition coefficient (Wildman–Crippen LogP) is 4.15. The molecule has 0 bridgehead atoms. The van der Waals surface area contributed by atoms with E-state index in [0.29, 0.717) is 6.61 Å². The van der Waals surface area contributed by atoms with E-state index in [1.54, 1.807) is 24.4 Å². The van der Waals surface area contributed by atoms with Gasteiger partial charge in [0.1, 0.15) is 13.3 Å². The van der Waals surface area contributed by atoms with Gasteiger partial charge in [-0.25, -0.2) is 4.68 Å². The van der Waals surface area contributed by atoms with Gasteiger partial charge in [-0.15, -0.1) is 6.58 Å². The van der Waals surface area contributed by atoms with Crippen molar-refractivity contribution in [2.75, 3.05) is 24.4 Å². The van der Waals surface area contributed by atoms with Gasteiger partial charge in [0.05, 0.1) is 0 Å². The molecular formula is C24H35N7O5SSi. The molecule has 1 aliphatic rings. The van der Waals surface area contributed by atoms with Gasteiger partial charge in [-0.05, 0) is 29.5 Å². The lowest BCUT2D eigenvalue weighted by atomic mass is 9.85. The van der Waals surface area contributed by atoms with E-state index in [4.69, 9.17) is 9.47 Å². The lowest BCUT2D eigenvalue weighted by molar-refractivity contribution is -0.152. The molecule has 0 aliphatic carbocycles. The van der Waals surface area contributed by atoms with Crippen molar-refractivity contribution < 1.29 is 22.7 Å². The highest BCUT2D eigenvalue weighted by molar-refractivity contribution is 7.90. The first-order chi connectivity index (χ1) is 18.0. The molecule has 0 amide bonds. The van der Waals surface area contributed by atoms with Crippen LogP contribution in [-0.2, 0) is 37.8 Å². The number of esters is 1. The van der Waals surface area contributed by atoms with Crippen molar-refractivity contribution in [2.45, 2.75) is 51.0 Å². The number of hydrogen-bond donors (Lipinski definition) is 1. The first-order valence-corrected chi connectivity index (χ1v) is 17.4. The quantitative estimate of drug-likeness (QED) is 0.0696. The molecule has 1 aromatic carbocycles. The summed E-state index contributed by atoms with van der Waals surface area (Å²) in [5.41, 5.74) is 8.30. The average Bonchev–Trinajstić information content (AvgIpc) is 3.46. The van der Waals surface area contributed by atoms with Crippen LogP contribution in [0.2, 0.25) is 25.7 Å². The van der Waals surface area contributed by atoms with Crippen LogP contribution in [0.3, 0.4) is 0 Å². The summed E-state index contributed by atoms with van der Waals surface area (Å²) in [7, 11) is -5.36. The summed E-state index contributed by atoms with van der Waals surface area (Å²) < 4.78 is 42.7. The maximum Gasteiger partial charge on any atom is 0.320 e. The largest absolute Gasteiger partial charge is 0.460 e. The van der Waals surface area contributed by atoms with Crippen LogP contribution in [0, 0.1) is 5.92 Å². The van der Waals surface area contributed by atoms with Gasteiger partial charge < -0.3 is 9.47 Å². The fourth-order valence-electron chi connectivity index (χ4n) is 4.05. The first-order valence-electron chi connectivity index (χ1n) is 12.3. The molecule has 1 fully saturated rings. The Hall–Kier alpha value is -3.16. The van der Waals surface area contributed by atoms with Crippen LogP contribution < -0.4 is 4.72 Å². The third kappa shape index (κ3) is 7.68. The Morgan fingerprint density at radius 2 is 2.08 bits per heavy atom. The second-order valence-corrected chi connectivity index (χ2v) is 17.7. The molecular weight excluding hydrogens is 526 g/mol. The molecule has 0 saturated carbocycles. The monoisotopic (exact) mass is 561 g/mol. The molecule has 0 unspecified atom stereocenters. The Balaban J connectivity index is 1.71. The highest BCUT2D eigenvalue weighted by Crippen LogP contribution is 2.37. The van der Waals surface area contributed by atoms with Crippen molar-refractivity contribution in [3.63, 3.8) is 0 Å². The minimum Gasteiger partial charge on any atom is -0.460 e. The van der Waals surface area contributed by atoms with E-state index in [1.807, 2.05) is 18.2 Å². The van der Waals surface area contributed by atoms with Gasteiger partial charge in [0.2, 0.25) is 0 Å². The molecule has 1 saturated heterocycles. The summed E-state index contributed by atoms with van der Waals surface area (Å²) in [4.78, 5) is 16.1. The van der Waals surface area contributed by atoms with Crippen molar-refractivity contribution in [2.24, 2.45) is 11.0 Å². The van der Waals surface area contributed by atoms with Gasteiger partial charge in [-0.2, -0.15) is 17.8 Å². The Kier molecular flexibility index (Phi) is 9.74. The molecule has 0 radical (unpaired) electrons. The van der Waals surface area contributed by atoms with Gasteiger partial charge >= 0.3 is 16.2 Å². The van der Waals surface area contributed by atoms with E-state index in [9.17, 15) is 18.7 Å². The Morgan fingerprint density at radius 3 is 2.74 bits per heavy atom. The summed E-state index contributed by atoms with van der Waals surface area (Å²) in [6.07, 6.45) is 3.42. The zero-order chi connectivity index (χ0) is 27.8. The molecule has 1 N–H and O–H groups in total. The summed E-state index contributed by atoms with van der Waals surface area (Å²) in [5.74, 6) is -1.34. The first kappa shape index (κ1) is 29.4. The Bertz CT molecular complexity index is 1260. The second kappa shape index (κ2) is 12.6. The van der Waals surface area contributed by atoms with Gasteiger partial charge in [0.15, 0.2) is 11.4 Å². The Morgan fingerprint density at radius 1 is 1.34 bits per heavy atom. The third-order valence-electron chi connectivity index (χ3n) is 6.19. The molecule has 1 aromatic heterocycles. The molecule has 2 aromatic rings. The number of rotatable bonds is 14. The maximum absolute atomic E-state index is 13.3. The van der Waals surface area contributed by atoms with Crippen molar-refractivity contribution in [1.29, 1.82) is 0 Å². The van der Waals surface area contributed by atoms with Crippen molar-refractivity contribution in [1.82, 2.24) is 14.1 Å². The number of nitrogens with zero attached hydrogens (tertiary/aromatic N) is 6. The van der Waals surface area contributed by atoms with Gasteiger partial charge in [-0.1, -0.05) is 61.2 Å². The van der Waals surface area contributed by atoms with Gasteiger partial charge in [-0.3, -0.25) is 9.52 Å². The number of azide groups is 1. The third-order valence-corrected chi connectivity index (χ3v) is 9.32. The smallest absolute Gasteiger partial charge is 0.320 e. The average molecular weight is 562 g/mol. The molecule has 0 spiro atoms. The fourth-order valence-corrected chi connectivity index (χ4v) is 6.05. The molecule has 206 valence electrons. The zero-order valence-corrected chi connectivity index (χ0v) is 23.8. The summed E-state index contributed by atoms with van der Waals surface area (Å²) >= 11 is 0. The highest BCUT2D eigenvalue weighted by Gasteiger charge is 2.55. The molecule has 2 heterocycles. The number of hydrogen-bond acceptors (Lipinski definition) is 7. The van der Waals surface area contributed by atoms with E-state index in [-0.39, 0.29) is 38.7 Å². The summed E-state index contributed by atoms with van der Waals surface area (Å²) in [5, 5.41) is 8.02. The van der Waals surface area contributed by atoms with Crippen LogP contribution >= 0.6 is 0 Å². The molecule has 14 heteroatoms. The normalized spacial score (nSPS) is 20.0. The summed E-state index contributed by atoms with van der Waals surface area (Å²) in [6.45, 7) is 10.8. The van der Waals surface area contributed by atoms with Crippen LogP contribution in [0.25, 0.3) is 10.4 Å². The van der Waals surface area contributed by atoms with Crippen molar-refractivity contribution in [3.8, 4) is 0 Å².